The number of amides is 1. The number of H-pyrrole nitrogens is 1. The van der Waals surface area contributed by atoms with E-state index in [2.05, 4.69) is 10.3 Å². The molecule has 0 spiro atoms. The van der Waals surface area contributed by atoms with E-state index in [4.69, 9.17) is 11.6 Å². The van der Waals surface area contributed by atoms with E-state index >= 15 is 0 Å². The van der Waals surface area contributed by atoms with E-state index in [0.717, 1.165) is 5.56 Å². The van der Waals surface area contributed by atoms with Crippen molar-refractivity contribution in [2.45, 2.75) is 6.92 Å². The predicted octanol–water partition coefficient (Wildman–Crippen LogP) is 2.59. The largest absolute Gasteiger partial charge is 0.328 e. The van der Waals surface area contributed by atoms with Gasteiger partial charge in [-0.05, 0) is 42.8 Å². The highest BCUT2D eigenvalue weighted by atomic mass is 35.5. The summed E-state index contributed by atoms with van der Waals surface area (Å²) in [7, 11) is 0. The van der Waals surface area contributed by atoms with Crippen LogP contribution in [0.25, 0.3) is 0 Å². The number of nitrogens with one attached hydrogen (secondary N) is 2. The van der Waals surface area contributed by atoms with Gasteiger partial charge in [-0.25, -0.2) is 0 Å². The van der Waals surface area contributed by atoms with E-state index in [1.807, 2.05) is 6.92 Å². The van der Waals surface area contributed by atoms with Crippen LogP contribution in [0.15, 0.2) is 41.3 Å². The summed E-state index contributed by atoms with van der Waals surface area (Å²) in [5, 5.41) is 3.28. The molecule has 5 heteroatoms. The van der Waals surface area contributed by atoms with Gasteiger partial charge in [-0.3, -0.25) is 9.59 Å². The van der Waals surface area contributed by atoms with Crippen LogP contribution in [0, 0.1) is 6.92 Å². The Balaban J connectivity index is 2.27. The van der Waals surface area contributed by atoms with E-state index in [9.17, 15) is 9.59 Å². The first-order valence-corrected chi connectivity index (χ1v) is 5.71. The van der Waals surface area contributed by atoms with Gasteiger partial charge in [0.25, 0.3) is 11.5 Å². The van der Waals surface area contributed by atoms with E-state index in [0.29, 0.717) is 10.7 Å². The molecule has 1 aromatic carbocycles. The predicted molar refractivity (Wildman–Crippen MR) is 71.2 cm³/mol. The Hall–Kier alpha value is -2.07. The number of carbonyl (C=O) groups is 1. The molecule has 18 heavy (non-hydrogen) atoms. The van der Waals surface area contributed by atoms with Crippen molar-refractivity contribution in [3.05, 3.63) is 63.0 Å². The van der Waals surface area contributed by atoms with Crippen LogP contribution < -0.4 is 10.9 Å². The average molecular weight is 263 g/mol. The number of pyridine rings is 1. The summed E-state index contributed by atoms with van der Waals surface area (Å²) < 4.78 is 0. The standard InChI is InChI=1S/C13H11ClN2O2/c1-8-7-9(14)4-5-11(8)16-13(18)10-3-2-6-15-12(10)17/h2-7H,1H3,(H,15,17)(H,16,18). The number of hydrogen-bond acceptors (Lipinski definition) is 2. The number of rotatable bonds is 2. The number of aromatic amines is 1. The quantitative estimate of drug-likeness (QED) is 0.874. The summed E-state index contributed by atoms with van der Waals surface area (Å²) in [5.74, 6) is -0.442. The van der Waals surface area contributed by atoms with E-state index in [1.54, 1.807) is 24.3 Å². The minimum absolute atomic E-state index is 0.0758. The fourth-order valence-corrected chi connectivity index (χ4v) is 1.78. The highest BCUT2D eigenvalue weighted by Crippen LogP contribution is 2.19. The molecule has 1 aromatic heterocycles. The van der Waals surface area contributed by atoms with Crippen LogP contribution in [-0.2, 0) is 0 Å². The topological polar surface area (TPSA) is 62.0 Å². The second-order valence-corrected chi connectivity index (χ2v) is 4.26. The molecule has 0 atom stereocenters. The molecule has 1 amide bonds. The molecule has 0 saturated carbocycles. The van der Waals surface area contributed by atoms with Crippen LogP contribution >= 0.6 is 11.6 Å². The Morgan fingerprint density at radius 1 is 1.33 bits per heavy atom. The Labute approximate surface area is 109 Å². The van der Waals surface area contributed by atoms with Gasteiger partial charge in [0.1, 0.15) is 5.56 Å². The second kappa shape index (κ2) is 5.06. The number of anilines is 1. The van der Waals surface area contributed by atoms with E-state index < -0.39 is 11.5 Å². The molecule has 2 N–H and O–H groups in total. The number of aryl methyl sites for hydroxylation is 1. The smallest absolute Gasteiger partial charge is 0.261 e. The summed E-state index contributed by atoms with van der Waals surface area (Å²) in [5.41, 5.74) is 1.13. The molecular weight excluding hydrogens is 252 g/mol. The average Bonchev–Trinajstić information content (AvgIpc) is 2.33. The molecule has 0 saturated heterocycles. The van der Waals surface area contributed by atoms with Crippen molar-refractivity contribution in [2.24, 2.45) is 0 Å². The molecular formula is C13H11ClN2O2. The first-order valence-electron chi connectivity index (χ1n) is 5.33. The molecule has 0 aliphatic carbocycles. The highest BCUT2D eigenvalue weighted by molar-refractivity contribution is 6.30. The Bertz CT molecular complexity index is 649. The molecule has 0 fully saturated rings. The molecule has 2 rings (SSSR count). The zero-order chi connectivity index (χ0) is 13.1. The molecule has 92 valence electrons. The normalized spacial score (nSPS) is 10.1. The van der Waals surface area contributed by atoms with E-state index in [-0.39, 0.29) is 5.56 Å². The lowest BCUT2D eigenvalue weighted by molar-refractivity contribution is 0.102. The van der Waals surface area contributed by atoms with Crippen molar-refractivity contribution in [2.75, 3.05) is 5.32 Å². The molecule has 0 unspecified atom stereocenters. The third-order valence-corrected chi connectivity index (χ3v) is 2.73. The first kappa shape index (κ1) is 12.4. The SMILES string of the molecule is Cc1cc(Cl)ccc1NC(=O)c1ccc[nH]c1=O. The Morgan fingerprint density at radius 3 is 2.78 bits per heavy atom. The number of halogens is 1. The molecule has 0 radical (unpaired) electrons. The summed E-state index contributed by atoms with van der Waals surface area (Å²) in [4.78, 5) is 25.8. The monoisotopic (exact) mass is 262 g/mol. The van der Waals surface area contributed by atoms with Crippen molar-refractivity contribution in [1.82, 2.24) is 4.98 Å². The Morgan fingerprint density at radius 2 is 2.11 bits per heavy atom. The second-order valence-electron chi connectivity index (χ2n) is 3.83. The third-order valence-electron chi connectivity index (χ3n) is 2.50. The third kappa shape index (κ3) is 2.60. The summed E-state index contributed by atoms with van der Waals surface area (Å²) in [6.07, 6.45) is 1.48. The van der Waals surface area contributed by atoms with Crippen LogP contribution in [0.3, 0.4) is 0 Å². The van der Waals surface area contributed by atoms with Crippen molar-refractivity contribution in [3.8, 4) is 0 Å². The fraction of sp³-hybridized carbons (Fsp3) is 0.0769. The summed E-state index contributed by atoms with van der Waals surface area (Å²) in [6, 6.07) is 8.20. The number of benzene rings is 1. The molecule has 0 aliphatic rings. The van der Waals surface area contributed by atoms with Crippen LogP contribution in [0.2, 0.25) is 5.02 Å². The minimum atomic E-state index is -0.442. The molecule has 4 nitrogen and oxygen atoms in total. The maximum absolute atomic E-state index is 11.9. The molecule has 1 heterocycles. The van der Waals surface area contributed by atoms with Crippen molar-refractivity contribution < 1.29 is 4.79 Å². The van der Waals surface area contributed by atoms with Gasteiger partial charge in [0.05, 0.1) is 0 Å². The minimum Gasteiger partial charge on any atom is -0.328 e. The van der Waals surface area contributed by atoms with Crippen LogP contribution in [0.4, 0.5) is 5.69 Å². The van der Waals surface area contributed by atoms with Crippen LogP contribution in [0.5, 0.6) is 0 Å². The molecule has 2 aromatic rings. The lowest BCUT2D eigenvalue weighted by atomic mass is 10.2. The van der Waals surface area contributed by atoms with Crippen molar-refractivity contribution in [1.29, 1.82) is 0 Å². The maximum atomic E-state index is 11.9. The molecule has 0 bridgehead atoms. The zero-order valence-corrected chi connectivity index (χ0v) is 10.4. The van der Waals surface area contributed by atoms with Crippen LogP contribution in [-0.4, -0.2) is 10.9 Å². The first-order chi connectivity index (χ1) is 8.58. The van der Waals surface area contributed by atoms with Crippen molar-refractivity contribution in [3.63, 3.8) is 0 Å². The fourth-order valence-electron chi connectivity index (χ4n) is 1.56. The van der Waals surface area contributed by atoms with Gasteiger partial charge in [-0.15, -0.1) is 0 Å². The van der Waals surface area contributed by atoms with Gasteiger partial charge in [-0.1, -0.05) is 11.6 Å². The van der Waals surface area contributed by atoms with Gasteiger partial charge in [0.2, 0.25) is 0 Å². The number of hydrogen-bond donors (Lipinski definition) is 2. The van der Waals surface area contributed by atoms with Gasteiger partial charge in [0.15, 0.2) is 0 Å². The van der Waals surface area contributed by atoms with Gasteiger partial charge >= 0.3 is 0 Å². The summed E-state index contributed by atoms with van der Waals surface area (Å²) in [6.45, 7) is 1.83. The molecule has 0 aliphatic heterocycles. The lowest BCUT2D eigenvalue weighted by Crippen LogP contribution is -2.22. The lowest BCUT2D eigenvalue weighted by Gasteiger charge is -2.08. The highest BCUT2D eigenvalue weighted by Gasteiger charge is 2.10. The number of carbonyl (C=O) groups excluding carboxylic acids is 1. The van der Waals surface area contributed by atoms with Gasteiger partial charge in [0, 0.05) is 16.9 Å². The maximum Gasteiger partial charge on any atom is 0.261 e. The summed E-state index contributed by atoms with van der Waals surface area (Å²) >= 11 is 5.83. The van der Waals surface area contributed by atoms with E-state index in [1.165, 1.54) is 12.3 Å². The Kier molecular flexibility index (Phi) is 3.48. The van der Waals surface area contributed by atoms with Gasteiger partial charge in [-0.2, -0.15) is 0 Å². The van der Waals surface area contributed by atoms with Gasteiger partial charge < -0.3 is 10.3 Å². The zero-order valence-electron chi connectivity index (χ0n) is 9.66. The van der Waals surface area contributed by atoms with Crippen molar-refractivity contribution >= 4 is 23.2 Å². The number of aromatic nitrogens is 1. The van der Waals surface area contributed by atoms with Crippen LogP contribution in [0.1, 0.15) is 15.9 Å².